The highest BCUT2D eigenvalue weighted by Gasteiger charge is 2.26. The van der Waals surface area contributed by atoms with Crippen molar-refractivity contribution in [1.82, 2.24) is 19.9 Å². The molecule has 2 aromatic heterocycles. The smallest absolute Gasteiger partial charge is 0.264 e. The van der Waals surface area contributed by atoms with Crippen molar-refractivity contribution in [1.29, 1.82) is 0 Å². The maximum Gasteiger partial charge on any atom is 0.264 e. The number of pyridine rings is 1. The van der Waals surface area contributed by atoms with Gasteiger partial charge in [-0.1, -0.05) is 0 Å². The first-order chi connectivity index (χ1) is 19.2. The number of alkyl halides is 2. The number of carbonyl (C=O) groups is 1. The number of hydrogen-bond acceptors (Lipinski definition) is 8. The van der Waals surface area contributed by atoms with Gasteiger partial charge in [-0.3, -0.25) is 9.59 Å². The molecule has 10 nitrogen and oxygen atoms in total. The molecule has 2 N–H and O–H groups in total. The molecule has 1 amide bonds. The average Bonchev–Trinajstić information content (AvgIpc) is 2.95. The third-order valence-electron chi connectivity index (χ3n) is 7.31. The topological polar surface area (TPSA) is 107 Å². The summed E-state index contributed by atoms with van der Waals surface area (Å²) in [5, 5.41) is 2.69. The summed E-state index contributed by atoms with van der Waals surface area (Å²) in [5.74, 6) is -0.896. The number of hydrogen-bond donors (Lipinski definition) is 2. The van der Waals surface area contributed by atoms with Gasteiger partial charge in [-0.2, -0.15) is 0 Å². The summed E-state index contributed by atoms with van der Waals surface area (Å²) in [7, 11) is 2.00. The SMILES string of the molecule is C[C@@H]1CN(c2cc(F)c(-c3cnc(N4CCOCC4)nc3)cc2NC(=O)c2c[nH]c(=O)cc2C(F)F)CCN1C. The number of piperazine rings is 1. The quantitative estimate of drug-likeness (QED) is 0.476. The fraction of sp³-hybridized carbons (Fsp3) is 0.407. The number of rotatable bonds is 6. The normalized spacial score (nSPS) is 18.3. The van der Waals surface area contributed by atoms with Crippen LogP contribution in [0.25, 0.3) is 11.1 Å². The van der Waals surface area contributed by atoms with Crippen LogP contribution in [0.15, 0.2) is 41.6 Å². The summed E-state index contributed by atoms with van der Waals surface area (Å²) in [6.45, 7) is 6.31. The first-order valence-corrected chi connectivity index (χ1v) is 13.0. The number of anilines is 3. The molecule has 13 heteroatoms. The van der Waals surface area contributed by atoms with Gasteiger partial charge in [-0.05, 0) is 26.1 Å². The molecule has 0 spiro atoms. The van der Waals surface area contributed by atoms with E-state index < -0.39 is 29.3 Å². The zero-order valence-corrected chi connectivity index (χ0v) is 22.2. The van der Waals surface area contributed by atoms with E-state index in [1.165, 1.54) is 24.5 Å². The molecule has 0 aliphatic carbocycles. The number of halogens is 3. The average molecular weight is 558 g/mol. The van der Waals surface area contributed by atoms with Crippen molar-refractivity contribution in [2.75, 3.05) is 68.1 Å². The molecule has 5 rings (SSSR count). The van der Waals surface area contributed by atoms with Gasteiger partial charge in [0.25, 0.3) is 12.3 Å². The number of aromatic nitrogens is 3. The number of nitrogens with zero attached hydrogens (tertiary/aromatic N) is 5. The predicted molar refractivity (Wildman–Crippen MR) is 145 cm³/mol. The fourth-order valence-corrected chi connectivity index (χ4v) is 4.85. The third-order valence-corrected chi connectivity index (χ3v) is 7.31. The van der Waals surface area contributed by atoms with Gasteiger partial charge in [0, 0.05) is 80.1 Å². The number of benzene rings is 1. The molecule has 4 heterocycles. The summed E-state index contributed by atoms with van der Waals surface area (Å²) < 4.78 is 48.2. The Hall–Kier alpha value is -3.97. The minimum Gasteiger partial charge on any atom is -0.378 e. The van der Waals surface area contributed by atoms with Crippen LogP contribution < -0.4 is 20.7 Å². The minimum absolute atomic E-state index is 0.144. The first-order valence-electron chi connectivity index (χ1n) is 13.0. The number of aromatic amines is 1. The van der Waals surface area contributed by atoms with Crippen LogP contribution in [0.4, 0.5) is 30.5 Å². The Bertz CT molecular complexity index is 1430. The number of likely N-dealkylation sites (N-methyl/N-ethyl adjacent to an activating group) is 1. The monoisotopic (exact) mass is 557 g/mol. The Morgan fingerprint density at radius 2 is 1.82 bits per heavy atom. The number of amides is 1. The van der Waals surface area contributed by atoms with Crippen molar-refractivity contribution < 1.29 is 22.7 Å². The molecule has 2 aliphatic heterocycles. The molecule has 1 aromatic carbocycles. The van der Waals surface area contributed by atoms with E-state index >= 15 is 4.39 Å². The molecule has 3 aromatic rings. The highest BCUT2D eigenvalue weighted by molar-refractivity contribution is 6.07. The third kappa shape index (κ3) is 5.80. The molecule has 2 saturated heterocycles. The lowest BCUT2D eigenvalue weighted by Crippen LogP contribution is -2.50. The maximum absolute atomic E-state index is 15.6. The number of carbonyl (C=O) groups excluding carboxylic acids is 1. The standard InChI is InChI=1S/C27H30F3N7O3/c1-16-15-37(4-3-35(16)2)23-11-21(28)18(17-12-32-27(33-13-17)36-5-7-40-8-6-36)9-22(23)34-26(39)20-14-31-24(38)10-19(20)25(29)30/h9-14,16,25H,3-8,15H2,1-2H3,(H,31,38)(H,34,39)/t16-/m1/s1. The van der Waals surface area contributed by atoms with Gasteiger partial charge >= 0.3 is 0 Å². The molecule has 0 unspecified atom stereocenters. The largest absolute Gasteiger partial charge is 0.378 e. The van der Waals surface area contributed by atoms with Crippen molar-refractivity contribution in [3.05, 3.63) is 64.1 Å². The molecule has 1 atom stereocenters. The van der Waals surface area contributed by atoms with Crippen LogP contribution in [-0.4, -0.2) is 84.8 Å². The van der Waals surface area contributed by atoms with E-state index in [2.05, 4.69) is 25.2 Å². The number of morpholine rings is 1. The van der Waals surface area contributed by atoms with Gasteiger partial charge < -0.3 is 29.7 Å². The number of ether oxygens (including phenoxy) is 1. The summed E-state index contributed by atoms with van der Waals surface area (Å²) in [4.78, 5) is 42.0. The lowest BCUT2D eigenvalue weighted by Gasteiger charge is -2.39. The molecular weight excluding hydrogens is 527 g/mol. The molecular formula is C27H30F3N7O3. The summed E-state index contributed by atoms with van der Waals surface area (Å²) in [5.41, 5.74) is -0.624. The first kappa shape index (κ1) is 27.6. The van der Waals surface area contributed by atoms with E-state index in [9.17, 15) is 18.4 Å². The summed E-state index contributed by atoms with van der Waals surface area (Å²) >= 11 is 0. The van der Waals surface area contributed by atoms with E-state index in [-0.39, 0.29) is 22.9 Å². The second-order valence-electron chi connectivity index (χ2n) is 9.92. The second-order valence-corrected chi connectivity index (χ2v) is 9.92. The second kappa shape index (κ2) is 11.6. The van der Waals surface area contributed by atoms with E-state index in [0.29, 0.717) is 69.2 Å². The van der Waals surface area contributed by atoms with E-state index in [4.69, 9.17) is 4.74 Å². The van der Waals surface area contributed by atoms with Crippen molar-refractivity contribution in [2.45, 2.75) is 19.4 Å². The van der Waals surface area contributed by atoms with Crippen LogP contribution in [0.5, 0.6) is 0 Å². The molecule has 212 valence electrons. The number of H-pyrrole nitrogens is 1. The van der Waals surface area contributed by atoms with Gasteiger partial charge in [0.05, 0.1) is 30.2 Å². The maximum atomic E-state index is 15.6. The zero-order valence-electron chi connectivity index (χ0n) is 22.2. The molecule has 0 bridgehead atoms. The fourth-order valence-electron chi connectivity index (χ4n) is 4.85. The Morgan fingerprint density at radius 3 is 2.50 bits per heavy atom. The van der Waals surface area contributed by atoms with Crippen LogP contribution >= 0.6 is 0 Å². The van der Waals surface area contributed by atoms with E-state index in [1.54, 1.807) is 0 Å². The van der Waals surface area contributed by atoms with Gasteiger partial charge in [0.2, 0.25) is 11.5 Å². The lowest BCUT2D eigenvalue weighted by atomic mass is 10.0. The highest BCUT2D eigenvalue weighted by Crippen LogP contribution is 2.36. The van der Waals surface area contributed by atoms with Crippen LogP contribution in [0.2, 0.25) is 0 Å². The van der Waals surface area contributed by atoms with Gasteiger partial charge in [-0.25, -0.2) is 23.1 Å². The van der Waals surface area contributed by atoms with Crippen molar-refractivity contribution in [2.24, 2.45) is 0 Å². The summed E-state index contributed by atoms with van der Waals surface area (Å²) in [6, 6.07) is 3.66. The Labute approximate surface area is 228 Å². The summed E-state index contributed by atoms with van der Waals surface area (Å²) in [6.07, 6.45) is 0.943. The van der Waals surface area contributed by atoms with Crippen molar-refractivity contribution in [3.63, 3.8) is 0 Å². The Balaban J connectivity index is 1.52. The van der Waals surface area contributed by atoms with E-state index in [0.717, 1.165) is 6.20 Å². The zero-order chi connectivity index (χ0) is 28.4. The highest BCUT2D eigenvalue weighted by atomic mass is 19.3. The lowest BCUT2D eigenvalue weighted by molar-refractivity contribution is 0.101. The van der Waals surface area contributed by atoms with Gasteiger partial charge in [0.1, 0.15) is 5.82 Å². The Morgan fingerprint density at radius 1 is 1.10 bits per heavy atom. The minimum atomic E-state index is -3.04. The van der Waals surface area contributed by atoms with Crippen LogP contribution in [0.3, 0.4) is 0 Å². The van der Waals surface area contributed by atoms with Crippen molar-refractivity contribution >= 4 is 23.2 Å². The van der Waals surface area contributed by atoms with Gasteiger partial charge in [-0.15, -0.1) is 0 Å². The molecule has 2 aliphatic rings. The molecule has 0 radical (unpaired) electrons. The van der Waals surface area contributed by atoms with Gasteiger partial charge in [0.15, 0.2) is 0 Å². The van der Waals surface area contributed by atoms with E-state index in [1.807, 2.05) is 23.8 Å². The molecule has 2 fully saturated rings. The van der Waals surface area contributed by atoms with Crippen LogP contribution in [0.1, 0.15) is 29.3 Å². The predicted octanol–water partition coefficient (Wildman–Crippen LogP) is 3.14. The van der Waals surface area contributed by atoms with Crippen LogP contribution in [0, 0.1) is 5.82 Å². The molecule has 40 heavy (non-hydrogen) atoms. The number of nitrogens with one attached hydrogen (secondary N) is 2. The Kier molecular flexibility index (Phi) is 8.03. The molecule has 0 saturated carbocycles. The van der Waals surface area contributed by atoms with Crippen molar-refractivity contribution in [3.8, 4) is 11.1 Å². The van der Waals surface area contributed by atoms with Crippen LogP contribution in [-0.2, 0) is 4.74 Å².